The number of nitrogens with zero attached hydrogens (tertiary/aromatic N) is 1. The van der Waals surface area contributed by atoms with Crippen LogP contribution in [-0.2, 0) is 6.42 Å². The summed E-state index contributed by atoms with van der Waals surface area (Å²) in [6.45, 7) is 4.51. The maximum Gasteiger partial charge on any atom is 0.0414 e. The summed E-state index contributed by atoms with van der Waals surface area (Å²) in [7, 11) is 0. The van der Waals surface area contributed by atoms with Crippen LogP contribution in [0.3, 0.4) is 0 Å². The molecule has 2 atom stereocenters. The molecule has 0 aliphatic heterocycles. The first-order valence-electron chi connectivity index (χ1n) is 7.68. The Kier molecular flexibility index (Phi) is 2.81. The molecule has 0 radical (unpaired) electrons. The number of aromatic nitrogens is 1. The zero-order chi connectivity index (χ0) is 14.4. The van der Waals surface area contributed by atoms with Gasteiger partial charge in [0.15, 0.2) is 0 Å². The SMILES string of the molecule is Cc1ncc2ccccc2c1C1Cc2ccccc2C1C. The second-order valence-corrected chi connectivity index (χ2v) is 6.14. The molecule has 1 aromatic heterocycles. The zero-order valence-electron chi connectivity index (χ0n) is 12.5. The van der Waals surface area contributed by atoms with Gasteiger partial charge < -0.3 is 0 Å². The van der Waals surface area contributed by atoms with E-state index in [-0.39, 0.29) is 0 Å². The normalized spacial score (nSPS) is 20.7. The molecule has 0 N–H and O–H groups in total. The van der Waals surface area contributed by atoms with Crippen molar-refractivity contribution in [2.24, 2.45) is 0 Å². The number of pyridine rings is 1. The number of hydrogen-bond acceptors (Lipinski definition) is 1. The van der Waals surface area contributed by atoms with Gasteiger partial charge in [-0.05, 0) is 47.3 Å². The van der Waals surface area contributed by atoms with E-state index in [0.29, 0.717) is 11.8 Å². The molecule has 1 aliphatic rings. The van der Waals surface area contributed by atoms with Crippen molar-refractivity contribution in [3.63, 3.8) is 0 Å². The molecule has 0 amide bonds. The van der Waals surface area contributed by atoms with E-state index in [9.17, 15) is 0 Å². The second-order valence-electron chi connectivity index (χ2n) is 6.14. The van der Waals surface area contributed by atoms with E-state index >= 15 is 0 Å². The van der Waals surface area contributed by atoms with Crippen LogP contribution in [0.4, 0.5) is 0 Å². The van der Waals surface area contributed by atoms with Crippen molar-refractivity contribution in [3.05, 3.63) is 77.1 Å². The highest BCUT2D eigenvalue weighted by Crippen LogP contribution is 2.46. The maximum atomic E-state index is 4.65. The average Bonchev–Trinajstić information content (AvgIpc) is 2.84. The van der Waals surface area contributed by atoms with Gasteiger partial charge in [0.2, 0.25) is 0 Å². The van der Waals surface area contributed by atoms with Gasteiger partial charge in [0, 0.05) is 17.3 Å². The van der Waals surface area contributed by atoms with Crippen LogP contribution in [0.2, 0.25) is 0 Å². The first kappa shape index (κ1) is 12.6. The molecule has 2 aromatic carbocycles. The first-order valence-corrected chi connectivity index (χ1v) is 7.68. The van der Waals surface area contributed by atoms with Crippen molar-refractivity contribution in [2.45, 2.75) is 32.1 Å². The molecule has 0 fully saturated rings. The molecule has 3 aromatic rings. The molecule has 1 heterocycles. The number of hydrogen-bond donors (Lipinski definition) is 0. The lowest BCUT2D eigenvalue weighted by molar-refractivity contribution is 0.624. The van der Waals surface area contributed by atoms with Crippen LogP contribution in [0.1, 0.15) is 41.1 Å². The van der Waals surface area contributed by atoms with Crippen molar-refractivity contribution >= 4 is 10.8 Å². The van der Waals surface area contributed by atoms with Crippen LogP contribution in [-0.4, -0.2) is 4.98 Å². The van der Waals surface area contributed by atoms with E-state index in [1.54, 1.807) is 0 Å². The van der Waals surface area contributed by atoms with Crippen molar-refractivity contribution in [1.82, 2.24) is 4.98 Å². The fraction of sp³-hybridized carbons (Fsp3) is 0.250. The molecule has 104 valence electrons. The summed E-state index contributed by atoms with van der Waals surface area (Å²) in [6.07, 6.45) is 3.13. The topological polar surface area (TPSA) is 12.9 Å². The van der Waals surface area contributed by atoms with Crippen LogP contribution < -0.4 is 0 Å². The lowest BCUT2D eigenvalue weighted by Gasteiger charge is -2.20. The standard InChI is InChI=1S/C20H19N/c1-13-17-9-5-3-7-15(17)11-19(13)20-14(2)21-12-16-8-4-6-10-18(16)20/h3-10,12-13,19H,11H2,1-2H3. The van der Waals surface area contributed by atoms with Crippen LogP contribution in [0, 0.1) is 6.92 Å². The molecule has 1 heteroatoms. The molecule has 0 saturated carbocycles. The third kappa shape index (κ3) is 1.88. The number of benzene rings is 2. The highest BCUT2D eigenvalue weighted by Gasteiger charge is 2.32. The Labute approximate surface area is 125 Å². The molecule has 0 spiro atoms. The smallest absolute Gasteiger partial charge is 0.0414 e. The van der Waals surface area contributed by atoms with Gasteiger partial charge in [-0.3, -0.25) is 4.98 Å². The lowest BCUT2D eigenvalue weighted by Crippen LogP contribution is -2.07. The minimum Gasteiger partial charge on any atom is -0.261 e. The maximum absolute atomic E-state index is 4.65. The lowest BCUT2D eigenvalue weighted by atomic mass is 9.84. The Balaban J connectivity index is 1.91. The van der Waals surface area contributed by atoms with E-state index in [2.05, 4.69) is 67.4 Å². The quantitative estimate of drug-likeness (QED) is 0.609. The molecule has 0 bridgehead atoms. The molecule has 0 saturated heterocycles. The Morgan fingerprint density at radius 2 is 1.76 bits per heavy atom. The van der Waals surface area contributed by atoms with E-state index in [4.69, 9.17) is 0 Å². The number of fused-ring (bicyclic) bond motifs is 2. The minimum absolute atomic E-state index is 0.543. The summed E-state index contributed by atoms with van der Waals surface area (Å²) in [5, 5.41) is 2.62. The van der Waals surface area contributed by atoms with Gasteiger partial charge in [0.25, 0.3) is 0 Å². The van der Waals surface area contributed by atoms with E-state index < -0.39 is 0 Å². The van der Waals surface area contributed by atoms with Gasteiger partial charge in [-0.1, -0.05) is 55.5 Å². The Bertz CT molecular complexity index is 819. The molecule has 4 rings (SSSR count). The van der Waals surface area contributed by atoms with Gasteiger partial charge in [-0.15, -0.1) is 0 Å². The van der Waals surface area contributed by atoms with Crippen LogP contribution in [0.25, 0.3) is 10.8 Å². The summed E-state index contributed by atoms with van der Waals surface area (Å²) < 4.78 is 0. The van der Waals surface area contributed by atoms with Crippen molar-refractivity contribution in [1.29, 1.82) is 0 Å². The highest BCUT2D eigenvalue weighted by molar-refractivity contribution is 5.86. The fourth-order valence-electron chi connectivity index (χ4n) is 3.90. The average molecular weight is 273 g/mol. The van der Waals surface area contributed by atoms with Gasteiger partial charge in [0.1, 0.15) is 0 Å². The van der Waals surface area contributed by atoms with Crippen molar-refractivity contribution in [2.75, 3.05) is 0 Å². The Morgan fingerprint density at radius 1 is 1.00 bits per heavy atom. The van der Waals surface area contributed by atoms with Crippen LogP contribution in [0.15, 0.2) is 54.7 Å². The third-order valence-corrected chi connectivity index (χ3v) is 5.00. The van der Waals surface area contributed by atoms with Crippen LogP contribution in [0.5, 0.6) is 0 Å². The zero-order valence-corrected chi connectivity index (χ0v) is 12.5. The van der Waals surface area contributed by atoms with Crippen LogP contribution >= 0.6 is 0 Å². The van der Waals surface area contributed by atoms with Gasteiger partial charge in [-0.2, -0.15) is 0 Å². The predicted molar refractivity (Wildman–Crippen MR) is 87.8 cm³/mol. The largest absolute Gasteiger partial charge is 0.261 e. The monoisotopic (exact) mass is 273 g/mol. The fourth-order valence-corrected chi connectivity index (χ4v) is 3.90. The predicted octanol–water partition coefficient (Wildman–Crippen LogP) is 4.99. The summed E-state index contributed by atoms with van der Waals surface area (Å²) in [6, 6.07) is 17.5. The summed E-state index contributed by atoms with van der Waals surface area (Å²) in [4.78, 5) is 4.65. The van der Waals surface area contributed by atoms with E-state index in [1.165, 1.54) is 33.2 Å². The molecular formula is C20H19N. The second kappa shape index (κ2) is 4.70. The number of rotatable bonds is 1. The Hall–Kier alpha value is -2.15. The number of aryl methyl sites for hydroxylation is 1. The first-order chi connectivity index (χ1) is 10.3. The van der Waals surface area contributed by atoms with Gasteiger partial charge >= 0.3 is 0 Å². The van der Waals surface area contributed by atoms with E-state index in [1.807, 2.05) is 6.20 Å². The molecule has 1 nitrogen and oxygen atoms in total. The molecular weight excluding hydrogens is 254 g/mol. The summed E-state index contributed by atoms with van der Waals surface area (Å²) in [5.41, 5.74) is 5.63. The third-order valence-electron chi connectivity index (χ3n) is 5.00. The molecule has 1 aliphatic carbocycles. The highest BCUT2D eigenvalue weighted by atomic mass is 14.7. The Morgan fingerprint density at radius 3 is 2.62 bits per heavy atom. The van der Waals surface area contributed by atoms with E-state index in [0.717, 1.165) is 6.42 Å². The summed E-state index contributed by atoms with van der Waals surface area (Å²) >= 11 is 0. The van der Waals surface area contributed by atoms with Crippen molar-refractivity contribution < 1.29 is 0 Å². The molecule has 21 heavy (non-hydrogen) atoms. The minimum atomic E-state index is 0.543. The van der Waals surface area contributed by atoms with Gasteiger partial charge in [0.05, 0.1) is 0 Å². The van der Waals surface area contributed by atoms with Gasteiger partial charge in [-0.25, -0.2) is 0 Å². The molecule has 2 unspecified atom stereocenters. The van der Waals surface area contributed by atoms with Crippen molar-refractivity contribution in [3.8, 4) is 0 Å². The summed E-state index contributed by atoms with van der Waals surface area (Å²) in [5.74, 6) is 1.11.